The molecule has 0 spiro atoms. The van der Waals surface area contributed by atoms with Gasteiger partial charge in [0.2, 0.25) is 15.9 Å². The number of carbonyl (C=O) groups is 1. The van der Waals surface area contributed by atoms with E-state index < -0.39 is 10.0 Å². The number of rotatable bonds is 8. The van der Waals surface area contributed by atoms with Crippen molar-refractivity contribution in [2.75, 3.05) is 19.6 Å². The molecule has 2 heterocycles. The van der Waals surface area contributed by atoms with Gasteiger partial charge < -0.3 is 5.32 Å². The number of amides is 1. The van der Waals surface area contributed by atoms with Crippen molar-refractivity contribution in [3.63, 3.8) is 0 Å². The van der Waals surface area contributed by atoms with Crippen LogP contribution >= 0.6 is 0 Å². The number of hydrogen-bond donors (Lipinski definition) is 1. The third-order valence-corrected chi connectivity index (χ3v) is 7.48. The summed E-state index contributed by atoms with van der Waals surface area (Å²) in [4.78, 5) is 12.6. The zero-order valence-corrected chi connectivity index (χ0v) is 18.0. The number of aromatic nitrogens is 2. The zero-order chi connectivity index (χ0) is 20.9. The van der Waals surface area contributed by atoms with Crippen molar-refractivity contribution in [2.45, 2.75) is 57.4 Å². The van der Waals surface area contributed by atoms with Crippen LogP contribution in [0.2, 0.25) is 0 Å². The molecular formula is C21H30N4O3S. The largest absolute Gasteiger partial charge is 0.354 e. The van der Waals surface area contributed by atoms with E-state index in [0.29, 0.717) is 31.0 Å². The second-order valence-corrected chi connectivity index (χ2v) is 9.44. The highest BCUT2D eigenvalue weighted by Gasteiger charge is 2.31. The minimum absolute atomic E-state index is 0.0214. The molecule has 1 aromatic heterocycles. The van der Waals surface area contributed by atoms with Crippen molar-refractivity contribution in [3.05, 3.63) is 47.3 Å². The fourth-order valence-corrected chi connectivity index (χ4v) is 5.69. The van der Waals surface area contributed by atoms with Gasteiger partial charge in [-0.05, 0) is 45.1 Å². The van der Waals surface area contributed by atoms with Crippen molar-refractivity contribution in [3.8, 4) is 0 Å². The van der Waals surface area contributed by atoms with E-state index in [1.165, 1.54) is 10.2 Å². The highest BCUT2D eigenvalue weighted by Crippen LogP contribution is 2.26. The Morgan fingerprint density at radius 2 is 1.79 bits per heavy atom. The number of hydrogen-bond acceptors (Lipinski definition) is 4. The van der Waals surface area contributed by atoms with Gasteiger partial charge >= 0.3 is 0 Å². The Labute approximate surface area is 173 Å². The van der Waals surface area contributed by atoms with E-state index in [-0.39, 0.29) is 17.3 Å². The summed E-state index contributed by atoms with van der Waals surface area (Å²) in [5, 5.41) is 7.24. The molecule has 7 nitrogen and oxygen atoms in total. The summed E-state index contributed by atoms with van der Waals surface area (Å²) in [5.41, 5.74) is 2.21. The van der Waals surface area contributed by atoms with Gasteiger partial charge in [-0.25, -0.2) is 8.42 Å². The number of nitrogens with one attached hydrogen (secondary N) is 1. The van der Waals surface area contributed by atoms with Crippen LogP contribution in [0.1, 0.15) is 42.6 Å². The van der Waals surface area contributed by atoms with Gasteiger partial charge in [-0.3, -0.25) is 9.48 Å². The quantitative estimate of drug-likeness (QED) is 0.668. The van der Waals surface area contributed by atoms with Crippen molar-refractivity contribution in [1.82, 2.24) is 19.4 Å². The van der Waals surface area contributed by atoms with E-state index in [4.69, 9.17) is 0 Å². The SMILES string of the molecule is Cc1nn(CC(=O)NCCCc2ccccc2)c(C)c1S(=O)(=O)N1CCCCC1. The highest BCUT2D eigenvalue weighted by molar-refractivity contribution is 7.89. The van der Waals surface area contributed by atoms with Crippen LogP contribution in [0, 0.1) is 13.8 Å². The van der Waals surface area contributed by atoms with Crippen molar-refractivity contribution in [2.24, 2.45) is 0 Å². The maximum atomic E-state index is 13.0. The third-order valence-electron chi connectivity index (χ3n) is 5.33. The molecular weight excluding hydrogens is 388 g/mol. The lowest BCUT2D eigenvalue weighted by Crippen LogP contribution is -2.36. The summed E-state index contributed by atoms with van der Waals surface area (Å²) in [6.45, 7) is 5.11. The first kappa shape index (κ1) is 21.5. The lowest BCUT2D eigenvalue weighted by molar-refractivity contribution is -0.121. The number of aryl methyl sites for hydroxylation is 2. The summed E-state index contributed by atoms with van der Waals surface area (Å²) in [5.74, 6) is -0.161. The molecule has 1 amide bonds. The Kier molecular flexibility index (Phi) is 7.08. The van der Waals surface area contributed by atoms with Gasteiger partial charge in [0.15, 0.2) is 0 Å². The fourth-order valence-electron chi connectivity index (χ4n) is 3.80. The van der Waals surface area contributed by atoms with Crippen LogP contribution in [0.25, 0.3) is 0 Å². The normalized spacial score (nSPS) is 15.4. The molecule has 8 heteroatoms. The number of sulfonamides is 1. The average Bonchev–Trinajstić information content (AvgIpc) is 3.00. The molecule has 0 aliphatic carbocycles. The molecule has 158 valence electrons. The molecule has 29 heavy (non-hydrogen) atoms. The summed E-state index contributed by atoms with van der Waals surface area (Å²) >= 11 is 0. The lowest BCUT2D eigenvalue weighted by atomic mass is 10.1. The number of piperidine rings is 1. The highest BCUT2D eigenvalue weighted by atomic mass is 32.2. The van der Waals surface area contributed by atoms with E-state index in [1.54, 1.807) is 18.2 Å². The van der Waals surface area contributed by atoms with E-state index in [9.17, 15) is 13.2 Å². The van der Waals surface area contributed by atoms with Gasteiger partial charge in [0, 0.05) is 19.6 Å². The van der Waals surface area contributed by atoms with Gasteiger partial charge in [0.05, 0.1) is 11.4 Å². The second-order valence-electron chi connectivity index (χ2n) is 7.56. The molecule has 0 saturated carbocycles. The van der Waals surface area contributed by atoms with Crippen LogP contribution in [-0.4, -0.2) is 48.0 Å². The Balaban J connectivity index is 1.58. The molecule has 2 aromatic rings. The first-order valence-electron chi connectivity index (χ1n) is 10.2. The molecule has 0 atom stereocenters. The van der Waals surface area contributed by atoms with Crippen LogP contribution < -0.4 is 5.32 Å². The van der Waals surface area contributed by atoms with Gasteiger partial charge in [-0.2, -0.15) is 9.40 Å². The van der Waals surface area contributed by atoms with E-state index in [0.717, 1.165) is 32.1 Å². The Hall–Kier alpha value is -2.19. The Bertz CT molecular complexity index is 932. The smallest absolute Gasteiger partial charge is 0.246 e. The topological polar surface area (TPSA) is 84.3 Å². The minimum atomic E-state index is -3.57. The first-order chi connectivity index (χ1) is 13.9. The standard InChI is InChI=1S/C21H30N4O3S/c1-17-21(29(27,28)24-14-7-4-8-15-24)18(2)25(23-17)16-20(26)22-13-9-12-19-10-5-3-6-11-19/h3,5-6,10-11H,4,7-9,12-16H2,1-2H3,(H,22,26). The molecule has 1 aromatic carbocycles. The molecule has 0 unspecified atom stereocenters. The third kappa shape index (κ3) is 5.25. The van der Waals surface area contributed by atoms with Crippen LogP contribution in [0.5, 0.6) is 0 Å². The summed E-state index contributed by atoms with van der Waals surface area (Å²) in [6, 6.07) is 10.1. The summed E-state index contributed by atoms with van der Waals surface area (Å²) in [7, 11) is -3.57. The predicted octanol–water partition coefficient (Wildman–Crippen LogP) is 2.42. The average molecular weight is 419 g/mol. The first-order valence-corrected chi connectivity index (χ1v) is 11.7. The number of carbonyl (C=O) groups excluding carboxylic acids is 1. The zero-order valence-electron chi connectivity index (χ0n) is 17.2. The van der Waals surface area contributed by atoms with E-state index in [2.05, 4.69) is 22.5 Å². The van der Waals surface area contributed by atoms with Gasteiger partial charge in [0.1, 0.15) is 11.4 Å². The molecule has 0 bridgehead atoms. The van der Waals surface area contributed by atoms with Crippen molar-refractivity contribution < 1.29 is 13.2 Å². The second kappa shape index (κ2) is 9.54. The maximum Gasteiger partial charge on any atom is 0.246 e. The van der Waals surface area contributed by atoms with Crippen LogP contribution in [0.15, 0.2) is 35.2 Å². The maximum absolute atomic E-state index is 13.0. The Morgan fingerprint density at radius 3 is 2.48 bits per heavy atom. The van der Waals surface area contributed by atoms with E-state index >= 15 is 0 Å². The van der Waals surface area contributed by atoms with Gasteiger partial charge in [0.25, 0.3) is 0 Å². The Morgan fingerprint density at radius 1 is 1.10 bits per heavy atom. The molecule has 1 aliphatic heterocycles. The molecule has 1 N–H and O–H groups in total. The predicted molar refractivity (Wildman–Crippen MR) is 112 cm³/mol. The van der Waals surface area contributed by atoms with Crippen molar-refractivity contribution >= 4 is 15.9 Å². The number of nitrogens with zero attached hydrogens (tertiary/aromatic N) is 3. The van der Waals surface area contributed by atoms with Crippen LogP contribution in [-0.2, 0) is 27.8 Å². The van der Waals surface area contributed by atoms with Crippen molar-refractivity contribution in [1.29, 1.82) is 0 Å². The van der Waals surface area contributed by atoms with Crippen LogP contribution in [0.3, 0.4) is 0 Å². The van der Waals surface area contributed by atoms with E-state index in [1.807, 2.05) is 18.2 Å². The molecule has 3 rings (SSSR count). The van der Waals surface area contributed by atoms with Crippen LogP contribution in [0.4, 0.5) is 0 Å². The molecule has 1 aliphatic rings. The fraction of sp³-hybridized carbons (Fsp3) is 0.524. The monoisotopic (exact) mass is 418 g/mol. The van der Waals surface area contributed by atoms with Gasteiger partial charge in [-0.1, -0.05) is 36.8 Å². The summed E-state index contributed by atoms with van der Waals surface area (Å²) < 4.78 is 29.1. The molecule has 1 saturated heterocycles. The minimum Gasteiger partial charge on any atom is -0.354 e. The van der Waals surface area contributed by atoms with Gasteiger partial charge in [-0.15, -0.1) is 0 Å². The lowest BCUT2D eigenvalue weighted by Gasteiger charge is -2.25. The molecule has 0 radical (unpaired) electrons. The molecule has 1 fully saturated rings. The summed E-state index contributed by atoms with van der Waals surface area (Å²) in [6.07, 6.45) is 4.59. The number of benzene rings is 1.